The smallest absolute Gasteiger partial charge is 0.243 e. The number of rotatable bonds is 8. The van der Waals surface area contributed by atoms with Gasteiger partial charge in [-0.2, -0.15) is 4.31 Å². The topological polar surface area (TPSA) is 82.3 Å². The van der Waals surface area contributed by atoms with E-state index in [1.165, 1.54) is 10.9 Å². The van der Waals surface area contributed by atoms with Crippen LogP contribution in [0.4, 0.5) is 0 Å². The maximum Gasteiger partial charge on any atom is 0.243 e. The number of piperidine rings is 1. The van der Waals surface area contributed by atoms with Crippen LogP contribution in [0.3, 0.4) is 0 Å². The van der Waals surface area contributed by atoms with E-state index in [0.29, 0.717) is 37.4 Å². The van der Waals surface area contributed by atoms with E-state index in [0.717, 1.165) is 36.8 Å². The fourth-order valence-corrected chi connectivity index (χ4v) is 5.62. The number of fused-ring (bicyclic) bond motifs is 1. The van der Waals surface area contributed by atoms with E-state index in [4.69, 9.17) is 0 Å². The molecule has 0 unspecified atom stereocenters. The van der Waals surface area contributed by atoms with Crippen LogP contribution in [-0.2, 0) is 27.7 Å². The van der Waals surface area contributed by atoms with Gasteiger partial charge in [-0.05, 0) is 55.0 Å². The highest BCUT2D eigenvalue weighted by atomic mass is 32.2. The largest absolute Gasteiger partial charge is 0.361 e. The molecule has 2 heterocycles. The van der Waals surface area contributed by atoms with Gasteiger partial charge in [0.2, 0.25) is 15.9 Å². The van der Waals surface area contributed by atoms with Crippen molar-refractivity contribution in [3.8, 4) is 0 Å². The number of carbonyl (C=O) groups is 1. The van der Waals surface area contributed by atoms with Crippen molar-refractivity contribution in [2.45, 2.75) is 43.4 Å². The number of para-hydroxylation sites is 1. The van der Waals surface area contributed by atoms with E-state index >= 15 is 0 Å². The van der Waals surface area contributed by atoms with Crippen LogP contribution in [-0.4, -0.2) is 43.2 Å². The molecule has 0 bridgehead atoms. The number of nitrogens with zero attached hydrogens (tertiary/aromatic N) is 1. The zero-order chi connectivity index (χ0) is 21.7. The van der Waals surface area contributed by atoms with E-state index in [9.17, 15) is 13.2 Å². The predicted molar refractivity (Wildman–Crippen MR) is 122 cm³/mol. The zero-order valence-corrected chi connectivity index (χ0v) is 18.5. The fraction of sp³-hybridized carbons (Fsp3) is 0.375. The lowest BCUT2D eigenvalue weighted by molar-refractivity contribution is -0.121. The van der Waals surface area contributed by atoms with Crippen molar-refractivity contribution in [3.05, 3.63) is 65.9 Å². The predicted octanol–water partition coefficient (Wildman–Crippen LogP) is 3.63. The molecular formula is C24H29N3O3S. The van der Waals surface area contributed by atoms with Gasteiger partial charge in [0.1, 0.15) is 0 Å². The van der Waals surface area contributed by atoms with Crippen LogP contribution in [0, 0.1) is 0 Å². The lowest BCUT2D eigenvalue weighted by atomic mass is 10.1. The summed E-state index contributed by atoms with van der Waals surface area (Å²) in [6, 6.07) is 15.1. The van der Waals surface area contributed by atoms with E-state index in [2.05, 4.69) is 16.4 Å². The number of amides is 1. The van der Waals surface area contributed by atoms with E-state index in [1.54, 1.807) is 16.4 Å². The highest BCUT2D eigenvalue weighted by Crippen LogP contribution is 2.21. The van der Waals surface area contributed by atoms with Gasteiger partial charge in [0.25, 0.3) is 0 Å². The number of aromatic amines is 1. The number of aryl methyl sites for hydroxylation is 1. The van der Waals surface area contributed by atoms with Crippen molar-refractivity contribution in [1.82, 2.24) is 14.6 Å². The highest BCUT2D eigenvalue weighted by molar-refractivity contribution is 7.89. The third-order valence-corrected chi connectivity index (χ3v) is 7.82. The van der Waals surface area contributed by atoms with Crippen molar-refractivity contribution >= 4 is 26.8 Å². The third-order valence-electron chi connectivity index (χ3n) is 5.91. The van der Waals surface area contributed by atoms with Crippen LogP contribution in [0.5, 0.6) is 0 Å². The van der Waals surface area contributed by atoms with Crippen LogP contribution in [0.2, 0.25) is 0 Å². The fourth-order valence-electron chi connectivity index (χ4n) is 4.10. The summed E-state index contributed by atoms with van der Waals surface area (Å²) in [6.45, 7) is 1.79. The molecule has 1 aromatic heterocycles. The van der Waals surface area contributed by atoms with E-state index < -0.39 is 10.0 Å². The molecule has 0 saturated carbocycles. The Balaban J connectivity index is 1.24. The molecule has 2 aromatic carbocycles. The Morgan fingerprint density at radius 2 is 1.71 bits per heavy atom. The summed E-state index contributed by atoms with van der Waals surface area (Å²) in [7, 11) is -3.41. The van der Waals surface area contributed by atoms with Crippen LogP contribution in [0.1, 0.15) is 36.8 Å². The molecule has 1 amide bonds. The van der Waals surface area contributed by atoms with Gasteiger partial charge in [-0.15, -0.1) is 0 Å². The Morgan fingerprint density at radius 1 is 0.968 bits per heavy atom. The Bertz CT molecular complexity index is 1130. The summed E-state index contributed by atoms with van der Waals surface area (Å²) in [5, 5.41) is 4.17. The molecule has 31 heavy (non-hydrogen) atoms. The molecule has 2 N–H and O–H groups in total. The first-order valence-corrected chi connectivity index (χ1v) is 12.4. The second-order valence-electron chi connectivity index (χ2n) is 8.07. The maximum absolute atomic E-state index is 12.7. The van der Waals surface area contributed by atoms with Gasteiger partial charge in [0.15, 0.2) is 0 Å². The Hall–Kier alpha value is -2.64. The van der Waals surface area contributed by atoms with Gasteiger partial charge >= 0.3 is 0 Å². The number of nitrogens with one attached hydrogen (secondary N) is 2. The molecular weight excluding hydrogens is 410 g/mol. The molecule has 3 aromatic rings. The minimum atomic E-state index is -3.41. The molecule has 7 heteroatoms. The van der Waals surface area contributed by atoms with E-state index in [-0.39, 0.29) is 5.91 Å². The van der Waals surface area contributed by atoms with Crippen molar-refractivity contribution in [2.24, 2.45) is 0 Å². The van der Waals surface area contributed by atoms with Gasteiger partial charge < -0.3 is 10.3 Å². The quantitative estimate of drug-likeness (QED) is 0.562. The average molecular weight is 440 g/mol. The molecule has 0 radical (unpaired) electrons. The highest BCUT2D eigenvalue weighted by Gasteiger charge is 2.25. The van der Waals surface area contributed by atoms with E-state index in [1.807, 2.05) is 36.5 Å². The second kappa shape index (κ2) is 9.66. The monoisotopic (exact) mass is 439 g/mol. The van der Waals surface area contributed by atoms with Crippen molar-refractivity contribution in [3.63, 3.8) is 0 Å². The van der Waals surface area contributed by atoms with Gasteiger partial charge in [-0.25, -0.2) is 8.42 Å². The number of hydrogen-bond donors (Lipinski definition) is 2. The van der Waals surface area contributed by atoms with Crippen LogP contribution >= 0.6 is 0 Å². The van der Waals surface area contributed by atoms with Gasteiger partial charge in [0, 0.05) is 43.2 Å². The zero-order valence-electron chi connectivity index (χ0n) is 17.6. The lowest BCUT2D eigenvalue weighted by Gasteiger charge is -2.25. The second-order valence-corrected chi connectivity index (χ2v) is 10.0. The molecule has 0 spiro atoms. The summed E-state index contributed by atoms with van der Waals surface area (Å²) in [5.74, 6) is 0.00450. The summed E-state index contributed by atoms with van der Waals surface area (Å²) in [5.41, 5.74) is 3.26. The van der Waals surface area contributed by atoms with Crippen LogP contribution in [0.15, 0.2) is 59.6 Å². The SMILES string of the molecule is O=C(CCc1ccc(S(=O)(=O)N2CCCCC2)cc1)NCCc1c[nH]c2ccccc12. The molecule has 6 nitrogen and oxygen atoms in total. The molecule has 0 atom stereocenters. The van der Waals surface area contributed by atoms with Crippen molar-refractivity contribution in [1.29, 1.82) is 0 Å². The van der Waals surface area contributed by atoms with Crippen molar-refractivity contribution in [2.75, 3.05) is 19.6 Å². The summed E-state index contributed by atoms with van der Waals surface area (Å²) < 4.78 is 27.0. The standard InChI is InChI=1S/C24H29N3O3S/c28-24(25-15-14-20-18-26-23-7-3-2-6-22(20)23)13-10-19-8-11-21(12-9-19)31(29,30)27-16-4-1-5-17-27/h2-3,6-9,11-12,18,26H,1,4-5,10,13-17H2,(H,25,28). The minimum absolute atomic E-state index is 0.00450. The summed E-state index contributed by atoms with van der Waals surface area (Å²) in [4.78, 5) is 15.8. The number of hydrogen-bond acceptors (Lipinski definition) is 3. The van der Waals surface area contributed by atoms with Crippen molar-refractivity contribution < 1.29 is 13.2 Å². The number of benzene rings is 2. The maximum atomic E-state index is 12.7. The molecule has 1 saturated heterocycles. The van der Waals surface area contributed by atoms with Gasteiger partial charge in [-0.1, -0.05) is 36.8 Å². The molecule has 164 valence electrons. The van der Waals surface area contributed by atoms with Gasteiger partial charge in [0.05, 0.1) is 4.90 Å². The first-order valence-electron chi connectivity index (χ1n) is 10.9. The van der Waals surface area contributed by atoms with Crippen LogP contribution < -0.4 is 5.32 Å². The molecule has 4 rings (SSSR count). The first kappa shape index (κ1) is 21.6. The number of H-pyrrole nitrogens is 1. The normalized spacial score (nSPS) is 15.2. The summed E-state index contributed by atoms with van der Waals surface area (Å²) >= 11 is 0. The number of sulfonamides is 1. The summed E-state index contributed by atoms with van der Waals surface area (Å²) in [6.07, 6.45) is 6.68. The average Bonchev–Trinajstić information content (AvgIpc) is 3.22. The Morgan fingerprint density at radius 3 is 2.48 bits per heavy atom. The molecule has 1 fully saturated rings. The number of carbonyl (C=O) groups excluding carboxylic acids is 1. The Kier molecular flexibility index (Phi) is 6.73. The Labute approximate surface area is 183 Å². The molecule has 1 aliphatic heterocycles. The molecule has 0 aliphatic carbocycles. The lowest BCUT2D eigenvalue weighted by Crippen LogP contribution is -2.35. The molecule has 1 aliphatic rings. The van der Waals surface area contributed by atoms with Gasteiger partial charge in [-0.3, -0.25) is 4.79 Å². The third kappa shape index (κ3) is 5.17. The minimum Gasteiger partial charge on any atom is -0.361 e. The van der Waals surface area contributed by atoms with Crippen LogP contribution in [0.25, 0.3) is 10.9 Å². The first-order chi connectivity index (χ1) is 15.0. The number of aromatic nitrogens is 1.